The van der Waals surface area contributed by atoms with E-state index < -0.39 is 0 Å². The van der Waals surface area contributed by atoms with Crippen LogP contribution in [0.2, 0.25) is 0 Å². The summed E-state index contributed by atoms with van der Waals surface area (Å²) in [7, 11) is 0. The largest absolute Gasteiger partial charge is 0.508 e. The van der Waals surface area contributed by atoms with Crippen molar-refractivity contribution in [2.24, 2.45) is 0 Å². The first-order valence-electron chi connectivity index (χ1n) is 3.24. The lowest BCUT2D eigenvalue weighted by Gasteiger charge is -1.99. The summed E-state index contributed by atoms with van der Waals surface area (Å²) >= 11 is 5.45. The summed E-state index contributed by atoms with van der Waals surface area (Å²) in [5.41, 5.74) is 0.477. The van der Waals surface area contributed by atoms with Crippen molar-refractivity contribution in [2.45, 2.75) is 0 Å². The van der Waals surface area contributed by atoms with Crippen molar-refractivity contribution in [3.05, 3.63) is 29.3 Å². The number of hydrogen-bond acceptors (Lipinski definition) is 3. The van der Waals surface area contributed by atoms with Crippen molar-refractivity contribution in [1.29, 1.82) is 0 Å². The molecule has 0 atom stereocenters. The normalized spacial score (nSPS) is 9.69. The van der Waals surface area contributed by atoms with Gasteiger partial charge in [0.25, 0.3) is 0 Å². The summed E-state index contributed by atoms with van der Waals surface area (Å²) in [6.07, 6.45) is 0. The van der Waals surface area contributed by atoms with Crippen LogP contribution in [0, 0.1) is 0 Å². The molecule has 0 amide bonds. The Morgan fingerprint density at radius 3 is 1.69 bits per heavy atom. The van der Waals surface area contributed by atoms with E-state index in [-0.39, 0.29) is 26.3 Å². The van der Waals surface area contributed by atoms with E-state index in [4.69, 9.17) is 5.11 Å². The van der Waals surface area contributed by atoms with Crippen molar-refractivity contribution in [2.75, 3.05) is 0 Å². The van der Waals surface area contributed by atoms with Crippen LogP contribution in [0.25, 0.3) is 0 Å². The fourth-order valence-corrected chi connectivity index (χ4v) is 1.30. The van der Waals surface area contributed by atoms with E-state index in [9.17, 15) is 9.59 Å². The van der Waals surface area contributed by atoms with Gasteiger partial charge in [0.2, 0.25) is 9.39 Å². The minimum Gasteiger partial charge on any atom is -0.508 e. The molecule has 1 aromatic carbocycles. The van der Waals surface area contributed by atoms with Gasteiger partial charge < -0.3 is 5.11 Å². The topological polar surface area (TPSA) is 54.4 Å². The fraction of sp³-hybridized carbons (Fsp3) is 0. The van der Waals surface area contributed by atoms with Gasteiger partial charge in [-0.1, -0.05) is 0 Å². The predicted octanol–water partition coefficient (Wildman–Crippen LogP) is 2.46. The molecule has 1 rings (SSSR count). The summed E-state index contributed by atoms with van der Waals surface area (Å²) in [6.45, 7) is 0. The summed E-state index contributed by atoms with van der Waals surface area (Å²) < 4.78 is -0.753. The van der Waals surface area contributed by atoms with Gasteiger partial charge in [0.05, 0.1) is 0 Å². The number of hydrogen-bond donors (Lipinski definition) is 1. The molecule has 0 bridgehead atoms. The monoisotopic (exact) mass is 306 g/mol. The highest BCUT2D eigenvalue weighted by atomic mass is 79.9. The minimum atomic E-state index is -0.376. The summed E-state index contributed by atoms with van der Waals surface area (Å²) in [5.74, 6) is -0.117. The maximum atomic E-state index is 10.9. The van der Waals surface area contributed by atoms with Gasteiger partial charge in [-0.2, -0.15) is 0 Å². The number of benzene rings is 1. The van der Waals surface area contributed by atoms with Crippen molar-refractivity contribution < 1.29 is 14.7 Å². The van der Waals surface area contributed by atoms with Gasteiger partial charge in [0.15, 0.2) is 0 Å². The summed E-state index contributed by atoms with van der Waals surface area (Å²) in [4.78, 5) is 21.7. The molecule has 0 radical (unpaired) electrons. The van der Waals surface area contributed by atoms with Crippen molar-refractivity contribution in [3.63, 3.8) is 0 Å². The SMILES string of the molecule is O=C(Br)c1cc(O)cc(C(=O)Br)c1. The molecule has 0 fully saturated rings. The average Bonchev–Trinajstić information content (AvgIpc) is 2.03. The van der Waals surface area contributed by atoms with Crippen LogP contribution in [-0.2, 0) is 0 Å². The second kappa shape index (κ2) is 4.02. The van der Waals surface area contributed by atoms with E-state index in [1.807, 2.05) is 0 Å². The van der Waals surface area contributed by atoms with Crippen LogP contribution >= 0.6 is 31.9 Å². The average molecular weight is 308 g/mol. The molecule has 13 heavy (non-hydrogen) atoms. The van der Waals surface area contributed by atoms with Crippen LogP contribution in [-0.4, -0.2) is 14.5 Å². The second-order valence-electron chi connectivity index (χ2n) is 2.32. The van der Waals surface area contributed by atoms with Crippen molar-refractivity contribution in [3.8, 4) is 5.75 Å². The molecule has 1 N–H and O–H groups in total. The third-order valence-corrected chi connectivity index (χ3v) is 2.29. The second-order valence-corrected chi connectivity index (χ2v) is 3.76. The molecule has 0 saturated heterocycles. The molecular weight excluding hydrogens is 304 g/mol. The molecular formula is C8H4Br2O3. The Balaban J connectivity index is 3.26. The molecule has 0 heterocycles. The molecule has 5 heteroatoms. The number of carbonyl (C=O) groups is 2. The van der Waals surface area contributed by atoms with Crippen LogP contribution in [0.3, 0.4) is 0 Å². The lowest BCUT2D eigenvalue weighted by molar-refractivity contribution is 0.109. The molecule has 0 aromatic heterocycles. The van der Waals surface area contributed by atoms with Crippen LogP contribution in [0.4, 0.5) is 0 Å². The highest BCUT2D eigenvalue weighted by Gasteiger charge is 2.08. The highest BCUT2D eigenvalue weighted by Crippen LogP contribution is 2.19. The van der Waals surface area contributed by atoms with Crippen LogP contribution < -0.4 is 0 Å². The summed E-state index contributed by atoms with van der Waals surface area (Å²) in [6, 6.07) is 3.93. The number of phenolic OH excluding ortho intramolecular Hbond substituents is 1. The lowest BCUT2D eigenvalue weighted by Crippen LogP contribution is -1.93. The van der Waals surface area contributed by atoms with Gasteiger partial charge in [-0.25, -0.2) is 0 Å². The molecule has 0 saturated carbocycles. The van der Waals surface area contributed by atoms with Crippen LogP contribution in [0.5, 0.6) is 5.75 Å². The predicted molar refractivity (Wildman–Crippen MR) is 54.6 cm³/mol. The third-order valence-electron chi connectivity index (χ3n) is 1.37. The Kier molecular flexibility index (Phi) is 3.22. The third kappa shape index (κ3) is 2.63. The van der Waals surface area contributed by atoms with Crippen molar-refractivity contribution in [1.82, 2.24) is 0 Å². The maximum Gasteiger partial charge on any atom is 0.228 e. The standard InChI is InChI=1S/C8H4Br2O3/c9-7(12)4-1-5(8(10)13)3-6(11)2-4/h1-3,11H. The maximum absolute atomic E-state index is 10.9. The fourth-order valence-electron chi connectivity index (χ4n) is 0.838. The van der Waals surface area contributed by atoms with Gasteiger partial charge >= 0.3 is 0 Å². The first-order chi connectivity index (χ1) is 6.00. The smallest absolute Gasteiger partial charge is 0.228 e. The molecule has 0 unspecified atom stereocenters. The van der Waals surface area contributed by atoms with E-state index in [0.29, 0.717) is 0 Å². The molecule has 68 valence electrons. The van der Waals surface area contributed by atoms with Gasteiger partial charge in [0, 0.05) is 11.1 Å². The van der Waals surface area contributed by atoms with Gasteiger partial charge in [-0.05, 0) is 50.1 Å². The van der Waals surface area contributed by atoms with Crippen LogP contribution in [0.1, 0.15) is 20.7 Å². The molecule has 3 nitrogen and oxygen atoms in total. The Bertz CT molecular complexity index is 341. The Hall–Kier alpha value is -0.680. The molecule has 0 spiro atoms. The van der Waals surface area contributed by atoms with E-state index in [1.54, 1.807) is 0 Å². The number of aromatic hydroxyl groups is 1. The number of phenols is 1. The van der Waals surface area contributed by atoms with E-state index in [0.717, 1.165) is 0 Å². The first-order valence-corrected chi connectivity index (χ1v) is 4.83. The molecule has 1 aromatic rings. The van der Waals surface area contributed by atoms with Crippen LogP contribution in [0.15, 0.2) is 18.2 Å². The number of carbonyl (C=O) groups excluding carboxylic acids is 2. The zero-order chi connectivity index (χ0) is 10.0. The van der Waals surface area contributed by atoms with Gasteiger partial charge in [0.1, 0.15) is 5.75 Å². The van der Waals surface area contributed by atoms with Gasteiger partial charge in [-0.15, -0.1) is 0 Å². The van der Waals surface area contributed by atoms with E-state index >= 15 is 0 Å². The Morgan fingerprint density at radius 1 is 1.00 bits per heavy atom. The zero-order valence-corrected chi connectivity index (χ0v) is 9.42. The molecule has 0 aliphatic heterocycles. The van der Waals surface area contributed by atoms with E-state index in [2.05, 4.69) is 31.9 Å². The number of rotatable bonds is 2. The Morgan fingerprint density at radius 2 is 1.38 bits per heavy atom. The van der Waals surface area contributed by atoms with Gasteiger partial charge in [-0.3, -0.25) is 9.59 Å². The minimum absolute atomic E-state index is 0.117. The number of halogens is 2. The first kappa shape index (κ1) is 10.4. The van der Waals surface area contributed by atoms with E-state index in [1.165, 1.54) is 18.2 Å². The summed E-state index contributed by atoms with van der Waals surface area (Å²) in [5, 5.41) is 9.15. The lowest BCUT2D eigenvalue weighted by atomic mass is 10.1. The zero-order valence-electron chi connectivity index (χ0n) is 6.25. The molecule has 0 aliphatic carbocycles. The highest BCUT2D eigenvalue weighted by molar-refractivity contribution is 9.18. The molecule has 0 aliphatic rings. The Labute approximate surface area is 91.0 Å². The quantitative estimate of drug-likeness (QED) is 0.854. The van der Waals surface area contributed by atoms with Crippen molar-refractivity contribution >= 4 is 41.2 Å².